The Balaban J connectivity index is 1.86. The lowest BCUT2D eigenvalue weighted by Gasteiger charge is -2.49. The molecule has 0 saturated carbocycles. The minimum Gasteiger partial charge on any atom is -0.399 e. The van der Waals surface area contributed by atoms with Crippen LogP contribution in [0.2, 0.25) is 0 Å². The van der Waals surface area contributed by atoms with Crippen LogP contribution in [-0.4, -0.2) is 36.9 Å². The molecule has 0 unspecified atom stereocenters. The molecule has 0 bridgehead atoms. The van der Waals surface area contributed by atoms with Gasteiger partial charge >= 0.3 is 0 Å². The number of fused-ring (bicyclic) bond motifs is 4. The summed E-state index contributed by atoms with van der Waals surface area (Å²) in [7, 11) is 0. The number of nitrogens with zero attached hydrogens (tertiary/aromatic N) is 2. The highest BCUT2D eigenvalue weighted by molar-refractivity contribution is 9.10. The summed E-state index contributed by atoms with van der Waals surface area (Å²) in [6.07, 6.45) is 8.06. The number of nitrogen functional groups attached to an aromatic ring is 1. The van der Waals surface area contributed by atoms with E-state index in [0.29, 0.717) is 19.5 Å². The van der Waals surface area contributed by atoms with Gasteiger partial charge in [0, 0.05) is 53.0 Å². The average Bonchev–Trinajstić information content (AvgIpc) is 2.70. The van der Waals surface area contributed by atoms with Crippen LogP contribution in [-0.2, 0) is 5.41 Å². The van der Waals surface area contributed by atoms with Gasteiger partial charge in [0.15, 0.2) is 0 Å². The number of rotatable bonds is 4. The van der Waals surface area contributed by atoms with Gasteiger partial charge in [-0.25, -0.2) is 0 Å². The van der Waals surface area contributed by atoms with Crippen molar-refractivity contribution in [3.63, 3.8) is 0 Å². The fourth-order valence-corrected chi connectivity index (χ4v) is 5.17. The summed E-state index contributed by atoms with van der Waals surface area (Å²) in [5.74, 6) is 2.98. The van der Waals surface area contributed by atoms with Gasteiger partial charge in [0.2, 0.25) is 0 Å². The van der Waals surface area contributed by atoms with Crippen LogP contribution >= 0.6 is 15.9 Å². The SMILES string of the molecule is C#CCN1CCC2(CC1)c1cc(N)ccc1N(CCC(=N)N)c1ccc(Br)cc12. The van der Waals surface area contributed by atoms with Crippen molar-refractivity contribution in [1.82, 2.24) is 4.90 Å². The zero-order valence-corrected chi connectivity index (χ0v) is 18.0. The first-order chi connectivity index (χ1) is 13.9. The number of terminal acetylenes is 1. The number of halogens is 1. The highest BCUT2D eigenvalue weighted by atomic mass is 79.9. The number of benzene rings is 2. The second kappa shape index (κ2) is 7.74. The molecule has 4 rings (SSSR count). The molecule has 2 aromatic carbocycles. The van der Waals surface area contributed by atoms with Crippen molar-refractivity contribution in [2.24, 2.45) is 5.73 Å². The van der Waals surface area contributed by atoms with Crippen molar-refractivity contribution in [3.8, 4) is 12.3 Å². The van der Waals surface area contributed by atoms with E-state index in [9.17, 15) is 0 Å². The molecule has 0 aliphatic carbocycles. The lowest BCUT2D eigenvalue weighted by molar-refractivity contribution is 0.197. The van der Waals surface area contributed by atoms with Crippen molar-refractivity contribution >= 4 is 38.8 Å². The number of amidine groups is 1. The Morgan fingerprint density at radius 3 is 2.45 bits per heavy atom. The summed E-state index contributed by atoms with van der Waals surface area (Å²) >= 11 is 3.68. The third kappa shape index (κ3) is 3.50. The summed E-state index contributed by atoms with van der Waals surface area (Å²) in [5.41, 5.74) is 17.6. The van der Waals surface area contributed by atoms with E-state index in [1.807, 2.05) is 6.07 Å². The Labute approximate surface area is 180 Å². The van der Waals surface area contributed by atoms with Gasteiger partial charge in [-0.2, -0.15) is 0 Å². The second-order valence-corrected chi connectivity index (χ2v) is 8.84. The van der Waals surface area contributed by atoms with Gasteiger partial charge < -0.3 is 16.4 Å². The minimum atomic E-state index is -0.0956. The van der Waals surface area contributed by atoms with Crippen LogP contribution in [0.15, 0.2) is 40.9 Å². The Morgan fingerprint density at radius 1 is 1.14 bits per heavy atom. The summed E-state index contributed by atoms with van der Waals surface area (Å²) < 4.78 is 1.07. The van der Waals surface area contributed by atoms with E-state index in [0.717, 1.165) is 36.1 Å². The number of nitrogens with two attached hydrogens (primary N) is 2. The molecule has 0 atom stereocenters. The van der Waals surface area contributed by atoms with Crippen LogP contribution in [0, 0.1) is 17.8 Å². The Morgan fingerprint density at radius 2 is 1.79 bits per heavy atom. The predicted octanol–water partition coefficient (Wildman–Crippen LogP) is 3.82. The highest BCUT2D eigenvalue weighted by Gasteiger charge is 2.45. The topological polar surface area (TPSA) is 82.4 Å². The molecule has 2 aliphatic rings. The first kappa shape index (κ1) is 19.8. The van der Waals surface area contributed by atoms with E-state index >= 15 is 0 Å². The van der Waals surface area contributed by atoms with Crippen LogP contribution in [0.4, 0.5) is 17.1 Å². The lowest BCUT2D eigenvalue weighted by Crippen LogP contribution is -2.46. The van der Waals surface area contributed by atoms with E-state index in [1.165, 1.54) is 22.5 Å². The van der Waals surface area contributed by atoms with E-state index in [4.69, 9.17) is 23.3 Å². The second-order valence-electron chi connectivity index (χ2n) is 7.93. The maximum atomic E-state index is 7.70. The van der Waals surface area contributed by atoms with Gasteiger partial charge in [0.1, 0.15) is 0 Å². The van der Waals surface area contributed by atoms with Gasteiger partial charge in [0.25, 0.3) is 0 Å². The van der Waals surface area contributed by atoms with Crippen molar-refractivity contribution in [3.05, 3.63) is 52.0 Å². The Hall–Kier alpha value is -2.49. The van der Waals surface area contributed by atoms with Gasteiger partial charge in [-0.15, -0.1) is 6.42 Å². The van der Waals surface area contributed by atoms with Crippen molar-refractivity contribution in [1.29, 1.82) is 5.41 Å². The minimum absolute atomic E-state index is 0.0956. The molecule has 0 amide bonds. The van der Waals surface area contributed by atoms with Crippen LogP contribution in [0.5, 0.6) is 0 Å². The van der Waals surface area contributed by atoms with E-state index < -0.39 is 0 Å². The first-order valence-electron chi connectivity index (χ1n) is 9.91. The van der Waals surface area contributed by atoms with E-state index in [1.54, 1.807) is 0 Å². The van der Waals surface area contributed by atoms with Gasteiger partial charge in [-0.1, -0.05) is 21.9 Å². The third-order valence-corrected chi connectivity index (χ3v) is 6.71. The molecular weight excluding hydrogens is 426 g/mol. The van der Waals surface area contributed by atoms with Crippen LogP contribution < -0.4 is 16.4 Å². The molecule has 2 heterocycles. The van der Waals surface area contributed by atoms with Crippen molar-refractivity contribution in [2.75, 3.05) is 36.8 Å². The number of hydrogen-bond donors (Lipinski definition) is 3. The van der Waals surface area contributed by atoms with Crippen LogP contribution in [0.1, 0.15) is 30.4 Å². The van der Waals surface area contributed by atoms with Gasteiger partial charge in [-0.05, 0) is 60.4 Å². The smallest absolute Gasteiger partial charge is 0.0923 e. The maximum Gasteiger partial charge on any atom is 0.0923 e. The molecule has 5 N–H and O–H groups in total. The molecule has 150 valence electrons. The molecule has 1 saturated heterocycles. The summed E-state index contributed by atoms with van der Waals surface area (Å²) in [4.78, 5) is 4.63. The Bertz CT molecular complexity index is 930. The number of anilines is 3. The van der Waals surface area contributed by atoms with E-state index in [-0.39, 0.29) is 11.3 Å². The summed E-state index contributed by atoms with van der Waals surface area (Å²) in [5, 5.41) is 7.70. The molecule has 1 fully saturated rings. The summed E-state index contributed by atoms with van der Waals surface area (Å²) in [6.45, 7) is 3.27. The average molecular weight is 452 g/mol. The van der Waals surface area contributed by atoms with Crippen LogP contribution in [0.3, 0.4) is 0 Å². The highest BCUT2D eigenvalue weighted by Crippen LogP contribution is 2.54. The largest absolute Gasteiger partial charge is 0.399 e. The fourth-order valence-electron chi connectivity index (χ4n) is 4.81. The third-order valence-electron chi connectivity index (χ3n) is 6.22. The number of nitrogens with one attached hydrogen (secondary N) is 1. The number of likely N-dealkylation sites (tertiary alicyclic amines) is 1. The van der Waals surface area contributed by atoms with Crippen LogP contribution in [0.25, 0.3) is 0 Å². The van der Waals surface area contributed by atoms with Crippen molar-refractivity contribution < 1.29 is 0 Å². The summed E-state index contributed by atoms with van der Waals surface area (Å²) in [6, 6.07) is 12.7. The maximum absolute atomic E-state index is 7.70. The standard InChI is InChI=1S/C23H26BrN5/c1-2-10-28-12-8-23(9-13-28)18-14-16(24)3-5-20(18)29(11-7-22(26)27)21-6-4-17(25)15-19(21)23/h1,3-6,14-15H,7-13,25H2,(H3,26,27). The fraction of sp³-hybridized carbons (Fsp3) is 0.348. The van der Waals surface area contributed by atoms with Crippen molar-refractivity contribution in [2.45, 2.75) is 24.7 Å². The molecule has 2 aliphatic heterocycles. The molecule has 2 aromatic rings. The molecule has 0 radical (unpaired) electrons. The zero-order chi connectivity index (χ0) is 20.6. The number of hydrogen-bond acceptors (Lipinski definition) is 4. The Kier molecular flexibility index (Phi) is 5.28. The molecular formula is C23H26BrN5. The molecule has 6 heteroatoms. The molecule has 29 heavy (non-hydrogen) atoms. The quantitative estimate of drug-likeness (QED) is 0.285. The normalized spacial score (nSPS) is 17.4. The first-order valence-corrected chi connectivity index (χ1v) is 10.7. The van der Waals surface area contributed by atoms with E-state index in [2.05, 4.69) is 62.0 Å². The number of piperidine rings is 1. The zero-order valence-electron chi connectivity index (χ0n) is 16.4. The van der Waals surface area contributed by atoms with Gasteiger partial charge in [0.05, 0.1) is 12.4 Å². The van der Waals surface area contributed by atoms with Gasteiger partial charge in [-0.3, -0.25) is 10.3 Å². The monoisotopic (exact) mass is 451 g/mol. The predicted molar refractivity (Wildman–Crippen MR) is 124 cm³/mol. The lowest BCUT2D eigenvalue weighted by atomic mass is 9.65. The molecule has 5 nitrogen and oxygen atoms in total. The molecule has 1 spiro atoms. The molecule has 0 aromatic heterocycles.